The molecule has 9 heterocycles. The molecule has 7 N–H and O–H groups in total. The zero-order valence-electron chi connectivity index (χ0n) is 56.7. The minimum atomic E-state index is -4.64. The molecule has 6 aromatic heterocycles. The number of aryl methyl sites for hydroxylation is 3. The summed E-state index contributed by atoms with van der Waals surface area (Å²) in [6.45, 7) is 19.0. The minimum Gasteiger partial charge on any atom is -0.443 e. The van der Waals surface area contributed by atoms with E-state index in [0.717, 1.165) is 41.4 Å². The third kappa shape index (κ3) is 21.2. The molecule has 0 atom stereocenters. The van der Waals surface area contributed by atoms with Gasteiger partial charge in [0.05, 0.1) is 5.69 Å². The number of carbonyl (C=O) groups is 6. The number of pyridine rings is 3. The monoisotopic (exact) mass is 1410 g/mol. The lowest BCUT2D eigenvalue weighted by Gasteiger charge is -2.28. The summed E-state index contributed by atoms with van der Waals surface area (Å²) >= 11 is 0. The molecule has 3 aliphatic rings. The number of fused-ring (bicyclic) bond motifs is 3. The Labute approximate surface area is 587 Å². The van der Waals surface area contributed by atoms with Gasteiger partial charge in [-0.3, -0.25) is 33.6 Å². The van der Waals surface area contributed by atoms with Crippen LogP contribution in [0.5, 0.6) is 0 Å². The van der Waals surface area contributed by atoms with Gasteiger partial charge < -0.3 is 60.4 Å². The molecule has 0 spiro atoms. The van der Waals surface area contributed by atoms with Crippen LogP contribution in [0.2, 0.25) is 0 Å². The average Bonchev–Trinajstić information content (AvgIpc) is 1.40. The number of ether oxygens (including phenoxy) is 2. The summed E-state index contributed by atoms with van der Waals surface area (Å²) in [5.41, 5.74) is 15.1. The normalized spacial score (nSPS) is 13.4. The molecular formula is C71H86F3N17O11. The lowest BCUT2D eigenvalue weighted by molar-refractivity contribution is -0.156. The maximum atomic E-state index is 13.6. The van der Waals surface area contributed by atoms with E-state index in [2.05, 4.69) is 45.9 Å². The third-order valence-electron chi connectivity index (χ3n) is 15.1. The predicted octanol–water partition coefficient (Wildman–Crippen LogP) is 11.4. The van der Waals surface area contributed by atoms with Gasteiger partial charge in [-0.05, 0) is 134 Å². The fraction of sp³-hybridized carbons (Fsp3) is 0.366. The number of anilines is 9. The molecule has 0 fully saturated rings. The van der Waals surface area contributed by atoms with Gasteiger partial charge in [0.15, 0.2) is 11.6 Å². The highest BCUT2D eigenvalue weighted by molar-refractivity contribution is 6.09. The van der Waals surface area contributed by atoms with Gasteiger partial charge in [0, 0.05) is 70.4 Å². The number of aromatic nitrogens is 9. The smallest absolute Gasteiger partial charge is 0.443 e. The number of nitrogens with zero attached hydrogens (tertiary/aromatic N) is 12. The lowest BCUT2D eigenvalue weighted by Crippen LogP contribution is -2.44. The molecule has 0 saturated carbocycles. The number of ketones is 1. The zero-order valence-corrected chi connectivity index (χ0v) is 56.7. The molecule has 0 unspecified atom stereocenters. The summed E-state index contributed by atoms with van der Waals surface area (Å²) in [6, 6.07) is 29.0. The van der Waals surface area contributed by atoms with E-state index in [1.807, 2.05) is 74.5 Å². The van der Waals surface area contributed by atoms with Crippen molar-refractivity contribution in [1.82, 2.24) is 53.4 Å². The number of nitrogen functional groups attached to an aromatic ring is 2. The van der Waals surface area contributed by atoms with Gasteiger partial charge in [-0.15, -0.1) is 0 Å². The van der Waals surface area contributed by atoms with E-state index in [4.69, 9.17) is 25.7 Å². The predicted molar refractivity (Wildman–Crippen MR) is 381 cm³/mol. The van der Waals surface area contributed by atoms with Crippen LogP contribution >= 0.6 is 0 Å². The molecule has 28 nitrogen and oxygen atoms in total. The fourth-order valence-electron chi connectivity index (χ4n) is 10.9. The molecule has 542 valence electrons. The molecule has 11 rings (SSSR count). The van der Waals surface area contributed by atoms with E-state index in [1.54, 1.807) is 97.7 Å². The first kappa shape index (κ1) is 79.3. The van der Waals surface area contributed by atoms with Crippen LogP contribution in [-0.4, -0.2) is 120 Å². The van der Waals surface area contributed by atoms with Crippen molar-refractivity contribution in [2.45, 2.75) is 159 Å². The topological polar surface area (TPSA) is 362 Å². The Morgan fingerprint density at radius 1 is 0.510 bits per heavy atom. The van der Waals surface area contributed by atoms with Crippen LogP contribution in [0.3, 0.4) is 0 Å². The van der Waals surface area contributed by atoms with Crippen molar-refractivity contribution < 1.29 is 51.4 Å². The Balaban J connectivity index is 0.000000240. The van der Waals surface area contributed by atoms with Crippen molar-refractivity contribution in [3.05, 3.63) is 192 Å². The zero-order chi connectivity index (χ0) is 72.8. The molecule has 0 saturated heterocycles. The SMILES string of the molecule is C.C.Cc1cc(Nc2cc(N(C(=O)OC(C)(C)C)C(=O)OC(C)(C)C)ncn2)c(=O)n2c1C(=O)N(Cc1ccccc1)CCC2.Cc1cc(Nc2cc(N)ncn2)c(=O)n2c1C(=O)CCCC2.Cc1cc(Nc2cc(N)ncn2)c(=O)n2c1C(=O)N(Cc1ccccc1)CCC2.O=CC(F)(F)F. The Morgan fingerprint density at radius 3 is 1.24 bits per heavy atom. The second-order valence-electron chi connectivity index (χ2n) is 25.4. The van der Waals surface area contributed by atoms with Gasteiger partial charge in [0.25, 0.3) is 28.5 Å². The van der Waals surface area contributed by atoms with Gasteiger partial charge in [0.1, 0.15) is 87.7 Å². The van der Waals surface area contributed by atoms with Crippen molar-refractivity contribution >= 4 is 88.0 Å². The standard InChI is InChI=1S/C31H38N6O6.C21H22N6O2.C15H17N5O2.C2HF3O.2CH4/c1-20-16-22(26(38)36-15-11-14-35(27(39)25(20)36)18-21-12-9-8-10-13-21)34-23-17-24(33-19-32-23)37(28(40)42-30(2,3)4)29(41)43-31(5,6)7;1-14-10-16(25-18-11-17(22)23-13-24-18)20(28)27-9-5-8-26(21(29)19(14)27)12-15-6-3-2-4-7-15;1-9-6-10(19-13-7-12(16)17-8-18-13)15(22)20-5-3-2-4-11(21)14(9)20;3-2(4,5)1-6;;/h8-10,12-13,16-17,19H,11,14-15,18H2,1-7H3,(H,32,33,34);2-4,6-7,10-11,13H,5,8-9,12H2,1H3,(H3,22,23,24,25);6-8H,2-5H2,1H3,(H3,16,17,18,19);1H;2*1H4. The molecule has 0 aliphatic carbocycles. The van der Waals surface area contributed by atoms with Crippen molar-refractivity contribution in [1.29, 1.82) is 0 Å². The number of nitrogens with one attached hydrogen (secondary N) is 3. The highest BCUT2D eigenvalue weighted by atomic mass is 19.4. The number of carbonyl (C=O) groups excluding carboxylic acids is 6. The van der Waals surface area contributed by atoms with Crippen LogP contribution in [0, 0.1) is 20.8 Å². The molecule has 0 radical (unpaired) electrons. The average molecular weight is 1410 g/mol. The number of benzene rings is 2. The summed E-state index contributed by atoms with van der Waals surface area (Å²) in [4.78, 5) is 141. The fourth-order valence-corrected chi connectivity index (χ4v) is 10.9. The van der Waals surface area contributed by atoms with Crippen LogP contribution in [0.4, 0.5) is 74.7 Å². The first-order chi connectivity index (χ1) is 47.3. The lowest BCUT2D eigenvalue weighted by atomic mass is 10.1. The summed E-state index contributed by atoms with van der Waals surface area (Å²) < 4.78 is 46.7. The largest absolute Gasteiger partial charge is 0.446 e. The van der Waals surface area contributed by atoms with Gasteiger partial charge in [-0.2, -0.15) is 18.1 Å². The number of hydrogen-bond donors (Lipinski definition) is 5. The number of hydrogen-bond acceptors (Lipinski definition) is 22. The number of alkyl halides is 3. The van der Waals surface area contributed by atoms with E-state index in [0.29, 0.717) is 127 Å². The van der Waals surface area contributed by atoms with Crippen LogP contribution in [0.25, 0.3) is 0 Å². The van der Waals surface area contributed by atoms with Crippen molar-refractivity contribution in [2.75, 3.05) is 45.4 Å². The van der Waals surface area contributed by atoms with Crippen molar-refractivity contribution in [3.8, 4) is 0 Å². The van der Waals surface area contributed by atoms with Crippen molar-refractivity contribution in [2.24, 2.45) is 0 Å². The highest BCUT2D eigenvalue weighted by Gasteiger charge is 2.35. The van der Waals surface area contributed by atoms with E-state index in [9.17, 15) is 51.5 Å². The van der Waals surface area contributed by atoms with Gasteiger partial charge in [0.2, 0.25) is 6.29 Å². The van der Waals surface area contributed by atoms with E-state index < -0.39 is 41.4 Å². The molecule has 4 amide bonds. The molecule has 2 aromatic carbocycles. The summed E-state index contributed by atoms with van der Waals surface area (Å²) in [6.07, 6.45) is -0.419. The summed E-state index contributed by atoms with van der Waals surface area (Å²) in [5, 5.41) is 8.94. The molecule has 31 heteroatoms. The van der Waals surface area contributed by atoms with Gasteiger partial charge in [-0.1, -0.05) is 75.5 Å². The highest BCUT2D eigenvalue weighted by Crippen LogP contribution is 2.27. The molecule has 8 aromatic rings. The third-order valence-corrected chi connectivity index (χ3v) is 15.1. The number of Topliss-reactive ketones (excluding diaryl/α,β-unsaturated/α-hetero) is 1. The number of nitrogens with two attached hydrogens (primary N) is 2. The Kier molecular flexibility index (Phi) is 26.8. The van der Waals surface area contributed by atoms with Crippen LogP contribution in [0.1, 0.15) is 148 Å². The number of amides is 4. The minimum absolute atomic E-state index is 0. The van der Waals surface area contributed by atoms with Crippen LogP contribution < -0.4 is 49.0 Å². The second kappa shape index (κ2) is 34.4. The van der Waals surface area contributed by atoms with Gasteiger partial charge >= 0.3 is 18.4 Å². The maximum Gasteiger partial charge on any atom is 0.446 e. The van der Waals surface area contributed by atoms with Crippen molar-refractivity contribution in [3.63, 3.8) is 0 Å². The second-order valence-corrected chi connectivity index (χ2v) is 25.4. The van der Waals surface area contributed by atoms with E-state index in [-0.39, 0.29) is 60.9 Å². The summed E-state index contributed by atoms with van der Waals surface area (Å²) in [7, 11) is 0. The number of imide groups is 1. The first-order valence-corrected chi connectivity index (χ1v) is 31.8. The van der Waals surface area contributed by atoms with Gasteiger partial charge in [-0.25, -0.2) is 39.5 Å². The number of rotatable bonds is 11. The number of halogens is 3. The Hall–Kier alpha value is -11.7. The van der Waals surface area contributed by atoms with E-state index >= 15 is 0 Å². The first-order valence-electron chi connectivity index (χ1n) is 31.8. The molecule has 3 aliphatic heterocycles. The van der Waals surface area contributed by atoms with Crippen LogP contribution in [-0.2, 0) is 47.0 Å². The molecule has 102 heavy (non-hydrogen) atoms. The quantitative estimate of drug-likeness (QED) is 0.0751. The number of aldehydes is 1. The van der Waals surface area contributed by atoms with Crippen LogP contribution in [0.15, 0.2) is 130 Å². The van der Waals surface area contributed by atoms with E-state index in [1.165, 1.54) is 23.3 Å². The maximum absolute atomic E-state index is 13.6. The molecular weight excluding hydrogens is 1320 g/mol. The Bertz CT molecular complexity index is 4490. The Morgan fingerprint density at radius 2 is 0.863 bits per heavy atom. The summed E-state index contributed by atoms with van der Waals surface area (Å²) in [5.74, 6) is 1.23. The molecule has 0 bridgehead atoms.